The second-order valence-electron chi connectivity index (χ2n) is 2.41. The minimum Gasteiger partial charge on any atom is -0.328 e. The highest BCUT2D eigenvalue weighted by Gasteiger charge is 2.03. The molecular formula is C5H13NO3S. The van der Waals surface area contributed by atoms with E-state index in [1.54, 1.807) is 6.92 Å². The van der Waals surface area contributed by atoms with Crippen LogP contribution in [0.3, 0.4) is 0 Å². The van der Waals surface area contributed by atoms with Crippen LogP contribution in [0.4, 0.5) is 0 Å². The molecule has 1 atom stereocenters. The minimum atomic E-state index is -3.78. The highest BCUT2D eigenvalue weighted by Crippen LogP contribution is 1.96. The quantitative estimate of drug-likeness (QED) is 0.577. The molecule has 0 aliphatic heterocycles. The van der Waals surface area contributed by atoms with Crippen LogP contribution < -0.4 is 5.73 Å². The van der Waals surface area contributed by atoms with Gasteiger partial charge in [0.2, 0.25) is 0 Å². The van der Waals surface area contributed by atoms with Gasteiger partial charge in [0.05, 0.1) is 5.75 Å². The Hall–Kier alpha value is -0.130. The van der Waals surface area contributed by atoms with E-state index < -0.39 is 10.1 Å². The Morgan fingerprint density at radius 1 is 1.60 bits per heavy atom. The molecule has 0 spiro atoms. The maximum atomic E-state index is 10.1. The van der Waals surface area contributed by atoms with Crippen LogP contribution in [0.2, 0.25) is 0 Å². The zero-order chi connectivity index (χ0) is 8.20. The van der Waals surface area contributed by atoms with Crippen molar-refractivity contribution in [3.63, 3.8) is 0 Å². The molecule has 5 heteroatoms. The third kappa shape index (κ3) is 7.87. The van der Waals surface area contributed by atoms with Crippen molar-refractivity contribution in [2.75, 3.05) is 5.75 Å². The number of hydrogen-bond donors (Lipinski definition) is 2. The molecule has 10 heavy (non-hydrogen) atoms. The van der Waals surface area contributed by atoms with E-state index >= 15 is 0 Å². The third-order valence-electron chi connectivity index (χ3n) is 1.06. The van der Waals surface area contributed by atoms with Gasteiger partial charge in [-0.1, -0.05) is 0 Å². The smallest absolute Gasteiger partial charge is 0.264 e. The summed E-state index contributed by atoms with van der Waals surface area (Å²) in [4.78, 5) is 0. The molecule has 0 amide bonds. The van der Waals surface area contributed by atoms with E-state index in [4.69, 9.17) is 10.3 Å². The molecule has 0 saturated carbocycles. The lowest BCUT2D eigenvalue weighted by Gasteiger charge is -2.01. The largest absolute Gasteiger partial charge is 0.328 e. The maximum absolute atomic E-state index is 10.1. The topological polar surface area (TPSA) is 80.4 Å². The van der Waals surface area contributed by atoms with E-state index in [9.17, 15) is 8.42 Å². The second kappa shape index (κ2) is 3.90. The molecule has 0 aromatic carbocycles. The molecule has 0 aromatic heterocycles. The molecule has 4 nitrogen and oxygen atoms in total. The fourth-order valence-corrected chi connectivity index (χ4v) is 1.12. The van der Waals surface area contributed by atoms with Gasteiger partial charge in [-0.25, -0.2) is 0 Å². The van der Waals surface area contributed by atoms with Gasteiger partial charge in [-0.05, 0) is 19.8 Å². The first-order chi connectivity index (χ1) is 4.42. The molecule has 3 N–H and O–H groups in total. The minimum absolute atomic E-state index is 0.00162. The van der Waals surface area contributed by atoms with Crippen LogP contribution in [-0.4, -0.2) is 24.8 Å². The van der Waals surface area contributed by atoms with Gasteiger partial charge in [0, 0.05) is 6.04 Å². The summed E-state index contributed by atoms with van der Waals surface area (Å²) in [5.74, 6) is -0.186. The van der Waals surface area contributed by atoms with Gasteiger partial charge < -0.3 is 5.73 Å². The summed E-state index contributed by atoms with van der Waals surface area (Å²) in [6.45, 7) is 1.80. The van der Waals surface area contributed by atoms with E-state index in [0.717, 1.165) is 0 Å². The Kier molecular flexibility index (Phi) is 3.85. The summed E-state index contributed by atoms with van der Waals surface area (Å²) >= 11 is 0. The van der Waals surface area contributed by atoms with Crippen LogP contribution >= 0.6 is 0 Å². The molecule has 1 unspecified atom stereocenters. The normalized spacial score (nSPS) is 15.1. The summed E-state index contributed by atoms with van der Waals surface area (Å²) < 4.78 is 28.5. The molecule has 0 bridgehead atoms. The Morgan fingerprint density at radius 2 is 2.10 bits per heavy atom. The van der Waals surface area contributed by atoms with Crippen LogP contribution in [0.15, 0.2) is 0 Å². The fraction of sp³-hybridized carbons (Fsp3) is 1.00. The van der Waals surface area contributed by atoms with E-state index in [-0.39, 0.29) is 11.8 Å². The highest BCUT2D eigenvalue weighted by atomic mass is 32.2. The van der Waals surface area contributed by atoms with Crippen molar-refractivity contribution < 1.29 is 13.0 Å². The van der Waals surface area contributed by atoms with Crippen LogP contribution in [0, 0.1) is 0 Å². The fourth-order valence-electron chi connectivity index (χ4n) is 0.588. The molecule has 62 valence electrons. The zero-order valence-electron chi connectivity index (χ0n) is 5.95. The molecular weight excluding hydrogens is 154 g/mol. The monoisotopic (exact) mass is 167 g/mol. The molecule has 0 rings (SSSR count). The van der Waals surface area contributed by atoms with Gasteiger partial charge in [-0.2, -0.15) is 8.42 Å². The third-order valence-corrected chi connectivity index (χ3v) is 1.87. The van der Waals surface area contributed by atoms with E-state index in [0.29, 0.717) is 12.8 Å². The summed E-state index contributed by atoms with van der Waals surface area (Å²) in [5, 5.41) is 0. The predicted molar refractivity (Wildman–Crippen MR) is 39.3 cm³/mol. The molecule has 0 aliphatic rings. The van der Waals surface area contributed by atoms with E-state index in [1.165, 1.54) is 0 Å². The summed E-state index contributed by atoms with van der Waals surface area (Å²) in [6.07, 6.45) is 1.05. The van der Waals surface area contributed by atoms with Gasteiger partial charge in [-0.3, -0.25) is 4.55 Å². The SMILES string of the molecule is CC(N)CCCS(=O)(=O)O. The summed E-state index contributed by atoms with van der Waals surface area (Å²) in [7, 11) is -3.78. The lowest BCUT2D eigenvalue weighted by molar-refractivity contribution is 0.478. The van der Waals surface area contributed by atoms with Crippen LogP contribution in [0.25, 0.3) is 0 Å². The predicted octanol–water partition coefficient (Wildman–Crippen LogP) is 0.00160. The van der Waals surface area contributed by atoms with E-state index in [2.05, 4.69) is 0 Å². The van der Waals surface area contributed by atoms with Crippen molar-refractivity contribution in [1.29, 1.82) is 0 Å². The van der Waals surface area contributed by atoms with Crippen molar-refractivity contribution in [2.45, 2.75) is 25.8 Å². The van der Waals surface area contributed by atoms with Gasteiger partial charge in [0.15, 0.2) is 0 Å². The molecule has 0 saturated heterocycles. The Labute approximate surface area is 61.2 Å². The summed E-state index contributed by atoms with van der Waals surface area (Å²) in [5.41, 5.74) is 5.35. The zero-order valence-corrected chi connectivity index (χ0v) is 6.76. The molecule has 0 fully saturated rings. The van der Waals surface area contributed by atoms with Crippen molar-refractivity contribution in [2.24, 2.45) is 5.73 Å². The van der Waals surface area contributed by atoms with Gasteiger partial charge >= 0.3 is 0 Å². The van der Waals surface area contributed by atoms with Gasteiger partial charge in [0.1, 0.15) is 0 Å². The first-order valence-electron chi connectivity index (χ1n) is 3.12. The molecule has 0 radical (unpaired) electrons. The first-order valence-corrected chi connectivity index (χ1v) is 4.73. The lowest BCUT2D eigenvalue weighted by atomic mass is 10.2. The molecule has 0 heterocycles. The standard InChI is InChI=1S/C5H13NO3S/c1-5(6)3-2-4-10(7,8)9/h5H,2-4,6H2,1H3,(H,7,8,9). The number of hydrogen-bond acceptors (Lipinski definition) is 3. The average molecular weight is 167 g/mol. The first kappa shape index (κ1) is 9.87. The van der Waals surface area contributed by atoms with Gasteiger partial charge in [0.25, 0.3) is 10.1 Å². The lowest BCUT2D eigenvalue weighted by Crippen LogP contribution is -2.16. The second-order valence-corrected chi connectivity index (χ2v) is 3.98. The van der Waals surface area contributed by atoms with Crippen molar-refractivity contribution in [3.8, 4) is 0 Å². The molecule has 0 aromatic rings. The Bertz CT molecular complexity index is 173. The number of rotatable bonds is 4. The van der Waals surface area contributed by atoms with Crippen molar-refractivity contribution in [3.05, 3.63) is 0 Å². The van der Waals surface area contributed by atoms with Crippen LogP contribution in [0.5, 0.6) is 0 Å². The average Bonchev–Trinajstić information content (AvgIpc) is 1.59. The van der Waals surface area contributed by atoms with Crippen LogP contribution in [0.1, 0.15) is 19.8 Å². The van der Waals surface area contributed by atoms with Crippen molar-refractivity contribution in [1.82, 2.24) is 0 Å². The summed E-state index contributed by atoms with van der Waals surface area (Å²) in [6, 6.07) is 0.00162. The Morgan fingerprint density at radius 3 is 2.40 bits per heavy atom. The Balaban J connectivity index is 3.39. The highest BCUT2D eigenvalue weighted by molar-refractivity contribution is 7.85. The molecule has 0 aliphatic carbocycles. The van der Waals surface area contributed by atoms with Crippen molar-refractivity contribution >= 4 is 10.1 Å². The number of nitrogens with two attached hydrogens (primary N) is 1. The van der Waals surface area contributed by atoms with E-state index in [1.807, 2.05) is 0 Å². The maximum Gasteiger partial charge on any atom is 0.264 e. The van der Waals surface area contributed by atoms with Gasteiger partial charge in [-0.15, -0.1) is 0 Å². The van der Waals surface area contributed by atoms with Crippen LogP contribution in [-0.2, 0) is 10.1 Å².